The van der Waals surface area contributed by atoms with Crippen molar-refractivity contribution in [3.8, 4) is 11.5 Å². The average molecular weight is 262 g/mol. The summed E-state index contributed by atoms with van der Waals surface area (Å²) in [5, 5.41) is 18.6. The van der Waals surface area contributed by atoms with Gasteiger partial charge in [0.05, 0.1) is 19.8 Å². The van der Waals surface area contributed by atoms with Crippen molar-refractivity contribution < 1.29 is 14.9 Å². The molecular formula is C9H12BrNO3. The third kappa shape index (κ3) is 2.17. The van der Waals surface area contributed by atoms with Gasteiger partial charge in [0, 0.05) is 10.0 Å². The van der Waals surface area contributed by atoms with Crippen molar-refractivity contribution in [2.24, 2.45) is 5.73 Å². The molecule has 1 rings (SSSR count). The number of ether oxygens (including phenoxy) is 1. The number of nitrogens with two attached hydrogens (primary N) is 1. The summed E-state index contributed by atoms with van der Waals surface area (Å²) in [6.45, 7) is -0.229. The molecule has 0 saturated carbocycles. The number of benzene rings is 1. The van der Waals surface area contributed by atoms with Crippen LogP contribution in [0.5, 0.6) is 11.5 Å². The number of phenols is 1. The van der Waals surface area contributed by atoms with Crippen molar-refractivity contribution >= 4 is 15.9 Å². The molecule has 0 aromatic heterocycles. The van der Waals surface area contributed by atoms with Crippen LogP contribution in [0.4, 0.5) is 0 Å². The smallest absolute Gasteiger partial charge is 0.162 e. The lowest BCUT2D eigenvalue weighted by atomic mass is 10.1. The third-order valence-electron chi connectivity index (χ3n) is 1.89. The number of hydrogen-bond acceptors (Lipinski definition) is 4. The lowest BCUT2D eigenvalue weighted by Crippen LogP contribution is -2.14. The van der Waals surface area contributed by atoms with Crippen LogP contribution in [0.3, 0.4) is 0 Å². The van der Waals surface area contributed by atoms with Gasteiger partial charge in [-0.25, -0.2) is 0 Å². The van der Waals surface area contributed by atoms with Crippen molar-refractivity contribution in [1.82, 2.24) is 0 Å². The molecule has 5 heteroatoms. The Kier molecular flexibility index (Phi) is 3.74. The molecule has 0 spiro atoms. The van der Waals surface area contributed by atoms with Crippen LogP contribution in [-0.4, -0.2) is 23.9 Å². The zero-order chi connectivity index (χ0) is 10.7. The SMILES string of the molecule is COc1cc(Br)cc([C@H](N)CO)c1O. The highest BCUT2D eigenvalue weighted by Crippen LogP contribution is 2.35. The van der Waals surface area contributed by atoms with Crippen LogP contribution in [-0.2, 0) is 0 Å². The highest BCUT2D eigenvalue weighted by Gasteiger charge is 2.15. The largest absolute Gasteiger partial charge is 0.504 e. The van der Waals surface area contributed by atoms with Gasteiger partial charge in [0.15, 0.2) is 11.5 Å². The predicted molar refractivity (Wildman–Crippen MR) is 56.4 cm³/mol. The van der Waals surface area contributed by atoms with E-state index in [9.17, 15) is 5.11 Å². The number of aliphatic hydroxyl groups is 1. The molecule has 78 valence electrons. The summed E-state index contributed by atoms with van der Waals surface area (Å²) in [5.74, 6) is 0.301. The average Bonchev–Trinajstić information content (AvgIpc) is 2.19. The van der Waals surface area contributed by atoms with Gasteiger partial charge in [0.25, 0.3) is 0 Å². The highest BCUT2D eigenvalue weighted by atomic mass is 79.9. The van der Waals surface area contributed by atoms with Crippen molar-refractivity contribution in [2.75, 3.05) is 13.7 Å². The summed E-state index contributed by atoms with van der Waals surface area (Å²) in [6, 6.07) is 2.67. The molecule has 1 atom stereocenters. The fourth-order valence-electron chi connectivity index (χ4n) is 1.13. The van der Waals surface area contributed by atoms with Crippen LogP contribution in [0.25, 0.3) is 0 Å². The maximum absolute atomic E-state index is 9.68. The fourth-order valence-corrected chi connectivity index (χ4v) is 1.59. The van der Waals surface area contributed by atoms with E-state index in [2.05, 4.69) is 15.9 Å². The van der Waals surface area contributed by atoms with Crippen LogP contribution in [0, 0.1) is 0 Å². The maximum atomic E-state index is 9.68. The molecular weight excluding hydrogens is 250 g/mol. The zero-order valence-corrected chi connectivity index (χ0v) is 9.28. The predicted octanol–water partition coefficient (Wildman–Crippen LogP) is 1.16. The molecule has 4 nitrogen and oxygen atoms in total. The Morgan fingerprint density at radius 3 is 2.71 bits per heavy atom. The van der Waals surface area contributed by atoms with Gasteiger partial charge >= 0.3 is 0 Å². The first-order valence-electron chi connectivity index (χ1n) is 4.03. The van der Waals surface area contributed by atoms with Crippen molar-refractivity contribution in [1.29, 1.82) is 0 Å². The summed E-state index contributed by atoms with van der Waals surface area (Å²) in [6.07, 6.45) is 0. The van der Waals surface area contributed by atoms with Crippen molar-refractivity contribution in [3.05, 3.63) is 22.2 Å². The second kappa shape index (κ2) is 4.63. The molecule has 14 heavy (non-hydrogen) atoms. The molecule has 0 bridgehead atoms. The highest BCUT2D eigenvalue weighted by molar-refractivity contribution is 9.10. The number of aliphatic hydroxyl groups excluding tert-OH is 1. The van der Waals surface area contributed by atoms with Gasteiger partial charge in [-0.2, -0.15) is 0 Å². The van der Waals surface area contributed by atoms with E-state index in [-0.39, 0.29) is 12.4 Å². The number of rotatable bonds is 3. The maximum Gasteiger partial charge on any atom is 0.162 e. The standard InChI is InChI=1S/C9H12BrNO3/c1-14-8-3-5(10)2-6(9(8)13)7(11)4-12/h2-3,7,12-13H,4,11H2,1H3/t7-/m1/s1. The molecule has 0 aliphatic carbocycles. The second-order valence-corrected chi connectivity index (χ2v) is 3.75. The molecule has 0 aliphatic rings. The first-order chi connectivity index (χ1) is 6.60. The fraction of sp³-hybridized carbons (Fsp3) is 0.333. The first-order valence-corrected chi connectivity index (χ1v) is 4.82. The van der Waals surface area contributed by atoms with Crippen LogP contribution >= 0.6 is 15.9 Å². The van der Waals surface area contributed by atoms with Crippen LogP contribution in [0.15, 0.2) is 16.6 Å². The van der Waals surface area contributed by atoms with Gasteiger partial charge in [-0.1, -0.05) is 15.9 Å². The van der Waals surface area contributed by atoms with E-state index in [0.29, 0.717) is 11.3 Å². The molecule has 1 aromatic rings. The summed E-state index contributed by atoms with van der Waals surface area (Å²) in [5.41, 5.74) is 6.06. The third-order valence-corrected chi connectivity index (χ3v) is 2.34. The summed E-state index contributed by atoms with van der Waals surface area (Å²) < 4.78 is 5.69. The molecule has 0 unspecified atom stereocenters. The Morgan fingerprint density at radius 2 is 2.21 bits per heavy atom. The molecule has 0 fully saturated rings. The quantitative estimate of drug-likeness (QED) is 0.763. The van der Waals surface area contributed by atoms with Crippen molar-refractivity contribution in [3.63, 3.8) is 0 Å². The Balaban J connectivity index is 3.21. The van der Waals surface area contributed by atoms with E-state index >= 15 is 0 Å². The molecule has 4 N–H and O–H groups in total. The zero-order valence-electron chi connectivity index (χ0n) is 7.70. The van der Waals surface area contributed by atoms with Crippen LogP contribution in [0.1, 0.15) is 11.6 Å². The second-order valence-electron chi connectivity index (χ2n) is 2.83. The molecule has 0 radical (unpaired) electrons. The van der Waals surface area contributed by atoms with Crippen molar-refractivity contribution in [2.45, 2.75) is 6.04 Å². The summed E-state index contributed by atoms with van der Waals surface area (Å²) in [7, 11) is 1.45. The lowest BCUT2D eigenvalue weighted by molar-refractivity contribution is 0.264. The number of phenolic OH excluding ortho intramolecular Hbond substituents is 1. The lowest BCUT2D eigenvalue weighted by Gasteiger charge is -2.13. The normalized spacial score (nSPS) is 12.6. The van der Waals surface area contributed by atoms with Crippen LogP contribution in [0.2, 0.25) is 0 Å². The van der Waals surface area contributed by atoms with Gasteiger partial charge in [-0.3, -0.25) is 0 Å². The Morgan fingerprint density at radius 1 is 1.57 bits per heavy atom. The molecule has 0 amide bonds. The Labute approximate surface area is 90.4 Å². The van der Waals surface area contributed by atoms with E-state index < -0.39 is 6.04 Å². The molecule has 0 heterocycles. The van der Waals surface area contributed by atoms with Gasteiger partial charge in [-0.15, -0.1) is 0 Å². The first kappa shape index (κ1) is 11.3. The molecule has 0 saturated heterocycles. The minimum atomic E-state index is -0.610. The number of methoxy groups -OCH3 is 1. The van der Waals surface area contributed by atoms with E-state index in [4.69, 9.17) is 15.6 Å². The number of halogens is 1. The van der Waals surface area contributed by atoms with Gasteiger partial charge in [-0.05, 0) is 12.1 Å². The van der Waals surface area contributed by atoms with E-state index in [1.165, 1.54) is 7.11 Å². The summed E-state index contributed by atoms with van der Waals surface area (Å²) >= 11 is 3.26. The minimum Gasteiger partial charge on any atom is -0.504 e. The minimum absolute atomic E-state index is 0.0303. The molecule has 1 aromatic carbocycles. The van der Waals surface area contributed by atoms with Gasteiger partial charge in [0.2, 0.25) is 0 Å². The monoisotopic (exact) mass is 261 g/mol. The Bertz CT molecular complexity index is 330. The number of aromatic hydroxyl groups is 1. The van der Waals surface area contributed by atoms with E-state index in [1.807, 2.05) is 0 Å². The van der Waals surface area contributed by atoms with Gasteiger partial charge in [0.1, 0.15) is 0 Å². The van der Waals surface area contributed by atoms with Gasteiger partial charge < -0.3 is 20.7 Å². The molecule has 0 aliphatic heterocycles. The van der Waals surface area contributed by atoms with E-state index in [1.54, 1.807) is 12.1 Å². The number of hydrogen-bond donors (Lipinski definition) is 3. The topological polar surface area (TPSA) is 75.7 Å². The summed E-state index contributed by atoms with van der Waals surface area (Å²) in [4.78, 5) is 0. The van der Waals surface area contributed by atoms with Crippen LogP contribution < -0.4 is 10.5 Å². The van der Waals surface area contributed by atoms with E-state index in [0.717, 1.165) is 4.47 Å². The Hall–Kier alpha value is -0.780.